The molecule has 7 heteroatoms. The van der Waals surface area contributed by atoms with E-state index in [1.165, 1.54) is 0 Å². The first-order valence-electron chi connectivity index (χ1n) is 6.85. The predicted molar refractivity (Wildman–Crippen MR) is 86.0 cm³/mol. The van der Waals surface area contributed by atoms with E-state index in [1.807, 2.05) is 6.92 Å². The Balaban J connectivity index is 2.48. The second kappa shape index (κ2) is 6.62. The highest BCUT2D eigenvalue weighted by molar-refractivity contribution is 6.30. The number of aromatic carboxylic acids is 1. The van der Waals surface area contributed by atoms with E-state index >= 15 is 0 Å². The number of nitrogens with two attached hydrogens (primary N) is 2. The summed E-state index contributed by atoms with van der Waals surface area (Å²) in [6, 6.07) is 6.64. The Labute approximate surface area is 133 Å². The second-order valence-corrected chi connectivity index (χ2v) is 5.30. The minimum atomic E-state index is -0.966. The molecule has 0 spiro atoms. The van der Waals surface area contributed by atoms with Crippen LogP contribution in [0.15, 0.2) is 24.3 Å². The number of carbonyl (C=O) groups is 1. The summed E-state index contributed by atoms with van der Waals surface area (Å²) in [5, 5.41) is 9.21. The van der Waals surface area contributed by atoms with Gasteiger partial charge in [-0.05, 0) is 24.1 Å². The van der Waals surface area contributed by atoms with Crippen LogP contribution >= 0.6 is 11.6 Å². The zero-order valence-corrected chi connectivity index (χ0v) is 12.8. The van der Waals surface area contributed by atoms with Gasteiger partial charge in [0.05, 0.1) is 5.56 Å². The molecule has 1 heterocycles. The molecular weight excluding hydrogens is 304 g/mol. The molecule has 0 amide bonds. The molecular formula is C15H17ClN4O2. The van der Waals surface area contributed by atoms with Gasteiger partial charge in [-0.1, -0.05) is 37.1 Å². The van der Waals surface area contributed by atoms with Gasteiger partial charge in [-0.25, -0.2) is 9.78 Å². The molecule has 0 aliphatic carbocycles. The lowest BCUT2D eigenvalue weighted by atomic mass is 9.88. The largest absolute Gasteiger partial charge is 0.478 e. The summed E-state index contributed by atoms with van der Waals surface area (Å²) in [6.07, 6.45) is 1.68. The topological polar surface area (TPSA) is 115 Å². The highest BCUT2D eigenvalue weighted by Crippen LogP contribution is 2.36. The van der Waals surface area contributed by atoms with Crippen LogP contribution < -0.4 is 11.5 Å². The van der Waals surface area contributed by atoms with Crippen molar-refractivity contribution in [2.24, 2.45) is 0 Å². The van der Waals surface area contributed by atoms with Gasteiger partial charge >= 0.3 is 5.97 Å². The van der Waals surface area contributed by atoms with Gasteiger partial charge in [0.1, 0.15) is 11.0 Å². The Bertz CT molecular complexity index is 665. The van der Waals surface area contributed by atoms with Crippen LogP contribution in [0.5, 0.6) is 0 Å². The van der Waals surface area contributed by atoms with Crippen LogP contribution in [0.25, 0.3) is 0 Å². The Hall–Kier alpha value is -2.34. The van der Waals surface area contributed by atoms with E-state index in [-0.39, 0.29) is 28.4 Å². The van der Waals surface area contributed by atoms with E-state index in [0.717, 1.165) is 18.4 Å². The number of nitrogen functional groups attached to an aromatic ring is 2. The van der Waals surface area contributed by atoms with Crippen molar-refractivity contribution in [3.8, 4) is 0 Å². The maximum absolute atomic E-state index is 10.9. The molecule has 5 N–H and O–H groups in total. The van der Waals surface area contributed by atoms with E-state index in [1.54, 1.807) is 24.3 Å². The Morgan fingerprint density at radius 1 is 1.27 bits per heavy atom. The number of carboxylic acid groups (broad SMARTS) is 1. The average Bonchev–Trinajstić information content (AvgIpc) is 2.45. The quantitative estimate of drug-likeness (QED) is 0.729. The molecule has 22 heavy (non-hydrogen) atoms. The maximum Gasteiger partial charge on any atom is 0.335 e. The van der Waals surface area contributed by atoms with Crippen LogP contribution in [0.4, 0.5) is 11.8 Å². The summed E-state index contributed by atoms with van der Waals surface area (Å²) >= 11 is 6.19. The number of nitrogens with zero attached hydrogens (tertiary/aromatic N) is 2. The van der Waals surface area contributed by atoms with Crippen LogP contribution in [0.3, 0.4) is 0 Å². The molecule has 0 aliphatic rings. The summed E-state index contributed by atoms with van der Waals surface area (Å²) in [5.74, 6) is -0.797. The molecule has 0 fully saturated rings. The molecule has 6 nitrogen and oxygen atoms in total. The zero-order chi connectivity index (χ0) is 16.3. The first kappa shape index (κ1) is 16.0. The monoisotopic (exact) mass is 320 g/mol. The standard InChI is InChI=1S/C15H17ClN4O2/c1-2-3-10(8-4-6-9(7-5-8)14(21)22)11-12(16)19-15(18)20-13(11)17/h4-7,10H,2-3H2,1H3,(H,21,22)(H4,17,18,19,20). The van der Waals surface area contributed by atoms with Crippen molar-refractivity contribution in [3.05, 3.63) is 46.1 Å². The average molecular weight is 321 g/mol. The third-order valence-electron chi connectivity index (χ3n) is 3.43. The second-order valence-electron chi connectivity index (χ2n) is 4.94. The number of halogens is 1. The van der Waals surface area contributed by atoms with Crippen molar-refractivity contribution < 1.29 is 9.90 Å². The van der Waals surface area contributed by atoms with Gasteiger partial charge in [0.25, 0.3) is 0 Å². The van der Waals surface area contributed by atoms with Crippen molar-refractivity contribution in [2.75, 3.05) is 11.5 Å². The molecule has 2 aromatic rings. The Morgan fingerprint density at radius 3 is 2.41 bits per heavy atom. The molecule has 1 aromatic heterocycles. The summed E-state index contributed by atoms with van der Waals surface area (Å²) in [5.41, 5.74) is 13.3. The van der Waals surface area contributed by atoms with Gasteiger partial charge in [-0.3, -0.25) is 0 Å². The summed E-state index contributed by atoms with van der Waals surface area (Å²) < 4.78 is 0. The van der Waals surface area contributed by atoms with Gasteiger partial charge in [0.15, 0.2) is 0 Å². The molecule has 0 bridgehead atoms. The van der Waals surface area contributed by atoms with Crippen LogP contribution in [0.2, 0.25) is 5.15 Å². The summed E-state index contributed by atoms with van der Waals surface area (Å²) in [7, 11) is 0. The Kier molecular flexibility index (Phi) is 4.82. The van der Waals surface area contributed by atoms with Crippen molar-refractivity contribution in [2.45, 2.75) is 25.7 Å². The SMILES string of the molecule is CCCC(c1ccc(C(=O)O)cc1)c1c(N)nc(N)nc1Cl. The van der Waals surface area contributed by atoms with E-state index in [0.29, 0.717) is 5.56 Å². The molecule has 0 saturated carbocycles. The van der Waals surface area contributed by atoms with Crippen molar-refractivity contribution in [1.82, 2.24) is 9.97 Å². The fourth-order valence-corrected chi connectivity index (χ4v) is 2.74. The highest BCUT2D eigenvalue weighted by Gasteiger charge is 2.22. The van der Waals surface area contributed by atoms with Gasteiger partial charge in [-0.2, -0.15) is 4.98 Å². The molecule has 1 atom stereocenters. The fraction of sp³-hybridized carbons (Fsp3) is 0.267. The first-order chi connectivity index (χ1) is 10.4. The van der Waals surface area contributed by atoms with Crippen LogP contribution in [0, 0.1) is 0 Å². The smallest absolute Gasteiger partial charge is 0.335 e. The predicted octanol–water partition coefficient (Wildman–Crippen LogP) is 2.92. The summed E-state index contributed by atoms with van der Waals surface area (Å²) in [4.78, 5) is 18.9. The molecule has 1 unspecified atom stereocenters. The molecule has 1 aromatic carbocycles. The number of aromatic nitrogens is 2. The number of hydrogen-bond donors (Lipinski definition) is 3. The van der Waals surface area contributed by atoms with Crippen molar-refractivity contribution in [1.29, 1.82) is 0 Å². The van der Waals surface area contributed by atoms with Gasteiger partial charge in [0.2, 0.25) is 5.95 Å². The third kappa shape index (κ3) is 3.28. The summed E-state index contributed by atoms with van der Waals surface area (Å²) in [6.45, 7) is 2.04. The lowest BCUT2D eigenvalue weighted by Gasteiger charge is -2.19. The number of anilines is 2. The minimum absolute atomic E-state index is 0.0303. The van der Waals surface area contributed by atoms with Crippen LogP contribution in [-0.4, -0.2) is 21.0 Å². The third-order valence-corrected chi connectivity index (χ3v) is 3.72. The van der Waals surface area contributed by atoms with Crippen molar-refractivity contribution >= 4 is 29.3 Å². The lowest BCUT2D eigenvalue weighted by Crippen LogP contribution is -2.11. The van der Waals surface area contributed by atoms with E-state index < -0.39 is 5.97 Å². The Morgan fingerprint density at radius 2 is 1.91 bits per heavy atom. The van der Waals surface area contributed by atoms with E-state index in [2.05, 4.69) is 9.97 Å². The number of benzene rings is 1. The lowest BCUT2D eigenvalue weighted by molar-refractivity contribution is 0.0697. The molecule has 116 valence electrons. The maximum atomic E-state index is 10.9. The first-order valence-corrected chi connectivity index (χ1v) is 7.23. The minimum Gasteiger partial charge on any atom is -0.478 e. The highest BCUT2D eigenvalue weighted by atomic mass is 35.5. The van der Waals surface area contributed by atoms with E-state index in [9.17, 15) is 4.79 Å². The molecule has 0 saturated heterocycles. The van der Waals surface area contributed by atoms with Gasteiger partial charge in [-0.15, -0.1) is 0 Å². The van der Waals surface area contributed by atoms with Crippen LogP contribution in [0.1, 0.15) is 47.2 Å². The zero-order valence-electron chi connectivity index (χ0n) is 12.1. The van der Waals surface area contributed by atoms with E-state index in [4.69, 9.17) is 28.2 Å². The van der Waals surface area contributed by atoms with Crippen LogP contribution in [-0.2, 0) is 0 Å². The van der Waals surface area contributed by atoms with Gasteiger partial charge in [0, 0.05) is 11.5 Å². The molecule has 0 radical (unpaired) electrons. The number of carboxylic acids is 1. The normalized spacial score (nSPS) is 12.1. The molecule has 2 rings (SSSR count). The number of hydrogen-bond acceptors (Lipinski definition) is 5. The fourth-order valence-electron chi connectivity index (χ4n) is 2.42. The van der Waals surface area contributed by atoms with Crippen molar-refractivity contribution in [3.63, 3.8) is 0 Å². The van der Waals surface area contributed by atoms with Gasteiger partial charge < -0.3 is 16.6 Å². The number of rotatable bonds is 5. The molecule has 0 aliphatic heterocycles.